The monoisotopic (exact) mass is 261 g/mol. The van der Waals surface area contributed by atoms with Gasteiger partial charge >= 0.3 is 5.97 Å². The highest BCUT2D eigenvalue weighted by atomic mass is 16.5. The molecule has 19 heavy (non-hydrogen) atoms. The van der Waals surface area contributed by atoms with Crippen LogP contribution in [-0.4, -0.2) is 23.6 Å². The number of allylic oxidation sites excluding steroid dienone is 3. The number of rotatable bonds is 6. The predicted octanol–water partition coefficient (Wildman–Crippen LogP) is 2.22. The van der Waals surface area contributed by atoms with Crippen molar-refractivity contribution >= 4 is 17.6 Å². The highest BCUT2D eigenvalue weighted by Crippen LogP contribution is 2.17. The highest BCUT2D eigenvalue weighted by molar-refractivity contribution is 5.99. The number of nitrogens with one attached hydrogen (secondary N) is 1. The van der Waals surface area contributed by atoms with E-state index >= 15 is 0 Å². The van der Waals surface area contributed by atoms with Gasteiger partial charge in [-0.15, -0.1) is 0 Å². The average molecular weight is 261 g/mol. The van der Waals surface area contributed by atoms with Crippen LogP contribution in [0.2, 0.25) is 0 Å². The summed E-state index contributed by atoms with van der Waals surface area (Å²) in [6.45, 7) is 1.43. The molecule has 0 saturated carbocycles. The molecule has 0 heterocycles. The maximum absolute atomic E-state index is 11.5. The summed E-state index contributed by atoms with van der Waals surface area (Å²) in [6, 6.07) is 6.54. The molecule has 1 rings (SSSR count). The van der Waals surface area contributed by atoms with E-state index in [2.05, 4.69) is 5.32 Å². The molecule has 0 spiro atoms. The summed E-state index contributed by atoms with van der Waals surface area (Å²) in [5, 5.41) is 11.1. The van der Waals surface area contributed by atoms with Gasteiger partial charge in [-0.05, 0) is 19.1 Å². The average Bonchev–Trinajstić information content (AvgIpc) is 2.37. The third kappa shape index (κ3) is 6.07. The van der Waals surface area contributed by atoms with Crippen molar-refractivity contribution in [1.82, 2.24) is 0 Å². The van der Waals surface area contributed by atoms with Crippen LogP contribution in [0.1, 0.15) is 6.92 Å². The molecule has 0 radical (unpaired) electrons. The number of carboxylic acid groups (broad SMARTS) is 1. The SMILES string of the molecule is CC=CC=CC(=O)Nc1cccc(OCC(=O)O)c1. The van der Waals surface area contributed by atoms with Gasteiger partial charge < -0.3 is 15.2 Å². The molecule has 2 N–H and O–H groups in total. The number of anilines is 1. The molecule has 1 amide bonds. The Hall–Kier alpha value is -2.56. The van der Waals surface area contributed by atoms with Gasteiger partial charge in [0.05, 0.1) is 0 Å². The first-order valence-electron chi connectivity index (χ1n) is 5.67. The quantitative estimate of drug-likeness (QED) is 0.608. The Balaban J connectivity index is 2.61. The number of ether oxygens (including phenoxy) is 1. The number of aliphatic carboxylic acids is 1. The van der Waals surface area contributed by atoms with Gasteiger partial charge in [0.15, 0.2) is 6.61 Å². The summed E-state index contributed by atoms with van der Waals surface area (Å²) < 4.78 is 5.01. The second-order valence-corrected chi connectivity index (χ2v) is 3.58. The molecule has 0 bridgehead atoms. The molecule has 0 aromatic heterocycles. The van der Waals surface area contributed by atoms with Crippen LogP contribution in [0.15, 0.2) is 48.6 Å². The van der Waals surface area contributed by atoms with Crippen LogP contribution in [0.5, 0.6) is 5.75 Å². The number of hydrogen-bond acceptors (Lipinski definition) is 3. The molecular weight excluding hydrogens is 246 g/mol. The second-order valence-electron chi connectivity index (χ2n) is 3.58. The minimum atomic E-state index is -1.05. The third-order valence-electron chi connectivity index (χ3n) is 2.02. The third-order valence-corrected chi connectivity index (χ3v) is 2.02. The Bertz CT molecular complexity index is 506. The molecule has 1 aromatic carbocycles. The largest absolute Gasteiger partial charge is 0.482 e. The predicted molar refractivity (Wildman–Crippen MR) is 72.2 cm³/mol. The van der Waals surface area contributed by atoms with Crippen LogP contribution in [0.4, 0.5) is 5.69 Å². The Kier molecular flexibility index (Phi) is 5.88. The van der Waals surface area contributed by atoms with Crippen molar-refractivity contribution in [1.29, 1.82) is 0 Å². The molecule has 5 heteroatoms. The molecule has 0 unspecified atom stereocenters. The summed E-state index contributed by atoms with van der Waals surface area (Å²) >= 11 is 0. The van der Waals surface area contributed by atoms with Crippen LogP contribution in [0.3, 0.4) is 0 Å². The van der Waals surface area contributed by atoms with Gasteiger partial charge in [-0.1, -0.05) is 24.3 Å². The summed E-state index contributed by atoms with van der Waals surface area (Å²) in [5.74, 6) is -0.935. The van der Waals surface area contributed by atoms with Gasteiger partial charge in [0.25, 0.3) is 0 Å². The molecule has 0 aliphatic carbocycles. The van der Waals surface area contributed by atoms with Crippen molar-refractivity contribution in [2.75, 3.05) is 11.9 Å². The van der Waals surface area contributed by atoms with E-state index in [1.54, 1.807) is 36.4 Å². The zero-order valence-corrected chi connectivity index (χ0v) is 10.5. The van der Waals surface area contributed by atoms with E-state index < -0.39 is 12.6 Å². The van der Waals surface area contributed by atoms with Crippen LogP contribution in [0.25, 0.3) is 0 Å². The summed E-state index contributed by atoms with van der Waals surface area (Å²) in [4.78, 5) is 21.9. The van der Waals surface area contributed by atoms with E-state index in [0.29, 0.717) is 11.4 Å². The van der Waals surface area contributed by atoms with E-state index in [4.69, 9.17) is 9.84 Å². The highest BCUT2D eigenvalue weighted by Gasteiger charge is 2.02. The van der Waals surface area contributed by atoms with Gasteiger partial charge in [0, 0.05) is 17.8 Å². The lowest BCUT2D eigenvalue weighted by Crippen LogP contribution is -2.10. The summed E-state index contributed by atoms with van der Waals surface area (Å²) in [5.41, 5.74) is 0.540. The number of amides is 1. The number of carbonyl (C=O) groups excluding carboxylic acids is 1. The van der Waals surface area contributed by atoms with Crippen molar-refractivity contribution in [3.8, 4) is 5.75 Å². The number of carboxylic acids is 1. The summed E-state index contributed by atoms with van der Waals surface area (Å²) in [7, 11) is 0. The number of hydrogen-bond donors (Lipinski definition) is 2. The molecule has 0 aliphatic heterocycles. The van der Waals surface area contributed by atoms with Crippen molar-refractivity contribution in [2.24, 2.45) is 0 Å². The fourth-order valence-electron chi connectivity index (χ4n) is 1.25. The zero-order valence-electron chi connectivity index (χ0n) is 10.5. The van der Waals surface area contributed by atoms with Crippen LogP contribution >= 0.6 is 0 Å². The van der Waals surface area contributed by atoms with E-state index in [1.165, 1.54) is 6.08 Å². The zero-order chi connectivity index (χ0) is 14.1. The first-order valence-corrected chi connectivity index (χ1v) is 5.67. The van der Waals surface area contributed by atoms with Crippen LogP contribution in [-0.2, 0) is 9.59 Å². The minimum Gasteiger partial charge on any atom is -0.482 e. The van der Waals surface area contributed by atoms with Crippen molar-refractivity contribution in [2.45, 2.75) is 6.92 Å². The van der Waals surface area contributed by atoms with E-state index in [9.17, 15) is 9.59 Å². The van der Waals surface area contributed by atoms with Crippen molar-refractivity contribution < 1.29 is 19.4 Å². The second kappa shape index (κ2) is 7.71. The van der Waals surface area contributed by atoms with E-state index in [0.717, 1.165) is 0 Å². The summed E-state index contributed by atoms with van der Waals surface area (Å²) in [6.07, 6.45) is 6.57. The van der Waals surface area contributed by atoms with E-state index in [1.807, 2.05) is 13.0 Å². The van der Waals surface area contributed by atoms with Gasteiger partial charge in [0.1, 0.15) is 5.75 Å². The molecule has 5 nitrogen and oxygen atoms in total. The van der Waals surface area contributed by atoms with Gasteiger partial charge in [-0.3, -0.25) is 4.79 Å². The first kappa shape index (κ1) is 14.5. The molecule has 1 aromatic rings. The number of carbonyl (C=O) groups is 2. The molecular formula is C14H15NO4. The molecule has 0 fully saturated rings. The maximum atomic E-state index is 11.5. The lowest BCUT2D eigenvalue weighted by Gasteiger charge is -2.06. The molecule has 0 aliphatic rings. The fraction of sp³-hybridized carbons (Fsp3) is 0.143. The topological polar surface area (TPSA) is 75.6 Å². The maximum Gasteiger partial charge on any atom is 0.341 e. The normalized spacial score (nSPS) is 10.8. The molecule has 0 atom stereocenters. The van der Waals surface area contributed by atoms with Crippen LogP contribution < -0.4 is 10.1 Å². The minimum absolute atomic E-state index is 0.270. The van der Waals surface area contributed by atoms with Crippen molar-refractivity contribution in [3.05, 3.63) is 48.6 Å². The molecule has 100 valence electrons. The van der Waals surface area contributed by atoms with Crippen LogP contribution in [0, 0.1) is 0 Å². The smallest absolute Gasteiger partial charge is 0.341 e. The standard InChI is InChI=1S/C14H15NO4/c1-2-3-4-8-13(16)15-11-6-5-7-12(9-11)19-10-14(17)18/h2-9H,10H2,1H3,(H,15,16)(H,17,18). The Morgan fingerprint density at radius 3 is 2.84 bits per heavy atom. The Labute approximate surface area is 111 Å². The Morgan fingerprint density at radius 1 is 1.37 bits per heavy atom. The lowest BCUT2D eigenvalue weighted by atomic mass is 10.3. The fourth-order valence-corrected chi connectivity index (χ4v) is 1.25. The van der Waals surface area contributed by atoms with Gasteiger partial charge in [-0.2, -0.15) is 0 Å². The lowest BCUT2D eigenvalue weighted by molar-refractivity contribution is -0.139. The van der Waals surface area contributed by atoms with Gasteiger partial charge in [-0.25, -0.2) is 4.79 Å². The van der Waals surface area contributed by atoms with Gasteiger partial charge in [0.2, 0.25) is 5.91 Å². The van der Waals surface area contributed by atoms with E-state index in [-0.39, 0.29) is 5.91 Å². The van der Waals surface area contributed by atoms with Crippen molar-refractivity contribution in [3.63, 3.8) is 0 Å². The molecule has 0 saturated heterocycles. The number of benzene rings is 1. The first-order chi connectivity index (χ1) is 9.11. The Morgan fingerprint density at radius 2 is 2.16 bits per heavy atom.